The van der Waals surface area contributed by atoms with E-state index >= 15 is 0 Å². The number of amides is 1. The second-order valence-corrected chi connectivity index (χ2v) is 6.34. The van der Waals surface area contributed by atoms with Crippen molar-refractivity contribution in [1.82, 2.24) is 14.9 Å². The Morgan fingerprint density at radius 2 is 2.00 bits per heavy atom. The molecule has 1 heterocycles. The first-order valence-electron chi connectivity index (χ1n) is 8.64. The molecule has 1 aliphatic rings. The fourth-order valence-electron chi connectivity index (χ4n) is 2.76. The summed E-state index contributed by atoms with van der Waals surface area (Å²) in [5, 5.41) is 2.82. The molecule has 0 aliphatic heterocycles. The van der Waals surface area contributed by atoms with E-state index in [9.17, 15) is 9.59 Å². The summed E-state index contributed by atoms with van der Waals surface area (Å²) in [6, 6.07) is 6.98. The molecule has 7 heteroatoms. The fraction of sp³-hybridized carbons (Fsp3) is 0.421. The lowest BCUT2D eigenvalue weighted by atomic mass is 10.1. The van der Waals surface area contributed by atoms with Crippen molar-refractivity contribution >= 4 is 5.91 Å². The Kier molecular flexibility index (Phi) is 5.55. The van der Waals surface area contributed by atoms with Gasteiger partial charge in [-0.3, -0.25) is 14.2 Å². The topological polar surface area (TPSA) is 82.5 Å². The molecule has 7 nitrogen and oxygen atoms in total. The number of nitrogens with zero attached hydrogens (tertiary/aromatic N) is 2. The molecule has 1 aliphatic carbocycles. The van der Waals surface area contributed by atoms with Crippen LogP contribution in [0.3, 0.4) is 0 Å². The highest BCUT2D eigenvalue weighted by atomic mass is 16.5. The number of carbonyl (C=O) groups is 1. The molecule has 0 saturated heterocycles. The zero-order valence-electron chi connectivity index (χ0n) is 15.0. The summed E-state index contributed by atoms with van der Waals surface area (Å²) in [7, 11) is 3.13. The summed E-state index contributed by atoms with van der Waals surface area (Å²) in [5.41, 5.74) is 1.63. The normalized spacial score (nSPS) is 13.3. The Balaban J connectivity index is 1.50. The molecule has 0 atom stereocenters. The summed E-state index contributed by atoms with van der Waals surface area (Å²) in [4.78, 5) is 28.5. The van der Waals surface area contributed by atoms with Crippen LogP contribution in [0, 0.1) is 0 Å². The van der Waals surface area contributed by atoms with Crippen LogP contribution < -0.4 is 20.3 Å². The van der Waals surface area contributed by atoms with E-state index in [1.807, 2.05) is 6.07 Å². The van der Waals surface area contributed by atoms with Crippen molar-refractivity contribution in [2.24, 2.45) is 0 Å². The molecule has 26 heavy (non-hydrogen) atoms. The van der Waals surface area contributed by atoms with E-state index in [0.717, 1.165) is 24.1 Å². The van der Waals surface area contributed by atoms with Gasteiger partial charge in [0.25, 0.3) is 5.56 Å². The molecule has 1 fully saturated rings. The number of hydrogen-bond donors (Lipinski definition) is 1. The number of methoxy groups -OCH3 is 2. The van der Waals surface area contributed by atoms with E-state index in [1.165, 1.54) is 4.57 Å². The van der Waals surface area contributed by atoms with Gasteiger partial charge in [-0.2, -0.15) is 0 Å². The largest absolute Gasteiger partial charge is 0.493 e. The van der Waals surface area contributed by atoms with E-state index in [1.54, 1.807) is 38.7 Å². The van der Waals surface area contributed by atoms with E-state index in [-0.39, 0.29) is 17.9 Å². The third-order valence-electron chi connectivity index (χ3n) is 4.38. The van der Waals surface area contributed by atoms with Gasteiger partial charge >= 0.3 is 0 Å². The zero-order chi connectivity index (χ0) is 18.5. The van der Waals surface area contributed by atoms with Crippen molar-refractivity contribution < 1.29 is 14.3 Å². The van der Waals surface area contributed by atoms with Crippen molar-refractivity contribution in [1.29, 1.82) is 0 Å². The maximum Gasteiger partial charge on any atom is 0.253 e. The fourth-order valence-corrected chi connectivity index (χ4v) is 2.76. The second kappa shape index (κ2) is 8.03. The minimum atomic E-state index is -0.118. The Morgan fingerprint density at radius 3 is 2.65 bits per heavy atom. The first kappa shape index (κ1) is 18.0. The van der Waals surface area contributed by atoms with Crippen LogP contribution >= 0.6 is 0 Å². The number of ether oxygens (including phenoxy) is 2. The van der Waals surface area contributed by atoms with Gasteiger partial charge in [0, 0.05) is 25.1 Å². The van der Waals surface area contributed by atoms with E-state index < -0.39 is 0 Å². The molecule has 138 valence electrons. The number of hydrogen-bond acceptors (Lipinski definition) is 5. The van der Waals surface area contributed by atoms with Crippen LogP contribution in [0.2, 0.25) is 0 Å². The number of nitrogens with one attached hydrogen (secondary N) is 1. The van der Waals surface area contributed by atoms with Gasteiger partial charge in [-0.25, -0.2) is 4.98 Å². The van der Waals surface area contributed by atoms with Crippen LogP contribution in [0.25, 0.3) is 0 Å². The molecule has 1 amide bonds. The Morgan fingerprint density at radius 1 is 1.23 bits per heavy atom. The van der Waals surface area contributed by atoms with Gasteiger partial charge in [-0.15, -0.1) is 0 Å². The highest BCUT2D eigenvalue weighted by Crippen LogP contribution is 2.38. The van der Waals surface area contributed by atoms with Crippen molar-refractivity contribution in [2.75, 3.05) is 20.8 Å². The Labute approximate surface area is 152 Å². The van der Waals surface area contributed by atoms with Crippen LogP contribution in [-0.2, 0) is 17.8 Å². The molecule has 1 aromatic carbocycles. The standard InChI is InChI=1S/C19H23N3O4/c1-25-16-6-3-13(9-17(16)26-2)10-18(23)20-7-8-22-12-21-15(11-19(22)24)14-4-5-14/h3,6,9,11-12,14H,4-5,7-8,10H2,1-2H3,(H,20,23). The highest BCUT2D eigenvalue weighted by molar-refractivity contribution is 5.78. The minimum Gasteiger partial charge on any atom is -0.493 e. The third kappa shape index (κ3) is 4.41. The molecular formula is C19H23N3O4. The lowest BCUT2D eigenvalue weighted by Crippen LogP contribution is -2.31. The van der Waals surface area contributed by atoms with Gasteiger partial charge < -0.3 is 14.8 Å². The lowest BCUT2D eigenvalue weighted by molar-refractivity contribution is -0.120. The molecule has 0 bridgehead atoms. The lowest BCUT2D eigenvalue weighted by Gasteiger charge is -2.10. The highest BCUT2D eigenvalue weighted by Gasteiger charge is 2.25. The maximum atomic E-state index is 12.1. The van der Waals surface area contributed by atoms with Crippen LogP contribution in [0.4, 0.5) is 0 Å². The molecular weight excluding hydrogens is 334 g/mol. The molecule has 1 aromatic heterocycles. The van der Waals surface area contributed by atoms with Crippen LogP contribution in [0.5, 0.6) is 11.5 Å². The van der Waals surface area contributed by atoms with Crippen LogP contribution in [-0.4, -0.2) is 36.2 Å². The first-order valence-corrected chi connectivity index (χ1v) is 8.64. The van der Waals surface area contributed by atoms with Crippen LogP contribution in [0.15, 0.2) is 35.4 Å². The molecule has 0 spiro atoms. The van der Waals surface area contributed by atoms with E-state index in [0.29, 0.717) is 30.5 Å². The van der Waals surface area contributed by atoms with Crippen molar-refractivity contribution in [3.05, 3.63) is 52.2 Å². The van der Waals surface area contributed by atoms with Crippen molar-refractivity contribution in [3.8, 4) is 11.5 Å². The average Bonchev–Trinajstić information content (AvgIpc) is 3.48. The van der Waals surface area contributed by atoms with Crippen molar-refractivity contribution in [2.45, 2.75) is 31.7 Å². The number of aromatic nitrogens is 2. The van der Waals surface area contributed by atoms with Gasteiger partial charge in [0.1, 0.15) is 0 Å². The zero-order valence-corrected chi connectivity index (χ0v) is 15.0. The maximum absolute atomic E-state index is 12.1. The smallest absolute Gasteiger partial charge is 0.253 e. The predicted molar refractivity (Wildman–Crippen MR) is 96.7 cm³/mol. The predicted octanol–water partition coefficient (Wildman–Crippen LogP) is 1.50. The summed E-state index contributed by atoms with van der Waals surface area (Å²) < 4.78 is 11.9. The van der Waals surface area contributed by atoms with Gasteiger partial charge in [-0.05, 0) is 30.5 Å². The quantitative estimate of drug-likeness (QED) is 0.774. The van der Waals surface area contributed by atoms with Crippen LogP contribution in [0.1, 0.15) is 30.0 Å². The third-order valence-corrected chi connectivity index (χ3v) is 4.38. The molecule has 3 rings (SSSR count). The number of benzene rings is 1. The minimum absolute atomic E-state index is 0.0731. The molecule has 1 saturated carbocycles. The van der Waals surface area contributed by atoms with Gasteiger partial charge in [0.15, 0.2) is 11.5 Å². The van der Waals surface area contributed by atoms with E-state index in [2.05, 4.69) is 10.3 Å². The van der Waals surface area contributed by atoms with Gasteiger partial charge in [0.2, 0.25) is 5.91 Å². The first-order chi connectivity index (χ1) is 12.6. The molecule has 2 aromatic rings. The summed E-state index contributed by atoms with van der Waals surface area (Å²) in [6.45, 7) is 0.769. The molecule has 1 N–H and O–H groups in total. The molecule has 0 unspecified atom stereocenters. The van der Waals surface area contributed by atoms with Gasteiger partial charge in [-0.1, -0.05) is 6.07 Å². The monoisotopic (exact) mass is 357 g/mol. The Hall–Kier alpha value is -2.83. The summed E-state index contributed by atoms with van der Waals surface area (Å²) >= 11 is 0. The average molecular weight is 357 g/mol. The Bertz CT molecular complexity index is 843. The SMILES string of the molecule is COc1ccc(CC(=O)NCCn2cnc(C3CC3)cc2=O)cc1OC. The molecule has 0 radical (unpaired) electrons. The number of carbonyl (C=O) groups excluding carboxylic acids is 1. The summed E-state index contributed by atoms with van der Waals surface area (Å²) in [6.07, 6.45) is 4.02. The van der Waals surface area contributed by atoms with E-state index in [4.69, 9.17) is 9.47 Å². The number of rotatable bonds is 8. The van der Waals surface area contributed by atoms with Crippen molar-refractivity contribution in [3.63, 3.8) is 0 Å². The van der Waals surface area contributed by atoms with Gasteiger partial charge in [0.05, 0.1) is 32.7 Å². The summed E-state index contributed by atoms with van der Waals surface area (Å²) in [5.74, 6) is 1.55. The second-order valence-electron chi connectivity index (χ2n) is 6.34.